The van der Waals surface area contributed by atoms with Gasteiger partial charge in [0, 0.05) is 6.54 Å². The highest BCUT2D eigenvalue weighted by Gasteiger charge is 2.03. The zero-order valence-electron chi connectivity index (χ0n) is 7.29. The summed E-state index contributed by atoms with van der Waals surface area (Å²) in [6.45, 7) is 0.769. The molecule has 3 nitrogen and oxygen atoms in total. The van der Waals surface area contributed by atoms with Crippen LogP contribution in [-0.2, 0) is 6.54 Å². The highest BCUT2D eigenvalue weighted by Crippen LogP contribution is 2.14. The Morgan fingerprint density at radius 1 is 1.54 bits per heavy atom. The number of pyridine rings is 1. The number of imidazole rings is 1. The normalized spacial score (nSPS) is 10.9. The molecule has 0 atom stereocenters. The summed E-state index contributed by atoms with van der Waals surface area (Å²) in [4.78, 5) is 4.24. The van der Waals surface area contributed by atoms with Crippen LogP contribution in [0, 0.1) is 0 Å². The first-order chi connectivity index (χ1) is 6.33. The van der Waals surface area contributed by atoms with E-state index in [9.17, 15) is 0 Å². The van der Waals surface area contributed by atoms with Gasteiger partial charge in [0.05, 0.1) is 11.9 Å². The number of nitrogens with one attached hydrogen (secondary N) is 1. The zero-order valence-corrected chi connectivity index (χ0v) is 8.04. The Labute approximate surface area is 81.4 Å². The molecule has 0 saturated heterocycles. The number of fused-ring (bicyclic) bond motifs is 1. The van der Waals surface area contributed by atoms with E-state index in [0.29, 0.717) is 5.15 Å². The first-order valence-corrected chi connectivity index (χ1v) is 4.46. The maximum Gasteiger partial charge on any atom is 0.138 e. The molecule has 0 fully saturated rings. The molecule has 2 rings (SSSR count). The van der Waals surface area contributed by atoms with Gasteiger partial charge in [0.1, 0.15) is 10.8 Å². The van der Waals surface area contributed by atoms with E-state index in [2.05, 4.69) is 10.3 Å². The molecule has 0 saturated carbocycles. The van der Waals surface area contributed by atoms with Crippen molar-refractivity contribution in [3.05, 3.63) is 35.2 Å². The number of rotatable bonds is 2. The lowest BCUT2D eigenvalue weighted by atomic mass is 10.4. The fraction of sp³-hybridized carbons (Fsp3) is 0.222. The van der Waals surface area contributed by atoms with Crippen LogP contribution in [0.5, 0.6) is 0 Å². The summed E-state index contributed by atoms with van der Waals surface area (Å²) in [6, 6.07) is 5.69. The van der Waals surface area contributed by atoms with Gasteiger partial charge in [-0.2, -0.15) is 0 Å². The number of aromatic nitrogens is 2. The minimum atomic E-state index is 0.695. The largest absolute Gasteiger partial charge is 0.314 e. The number of hydrogen-bond acceptors (Lipinski definition) is 2. The second-order valence-corrected chi connectivity index (χ2v) is 3.21. The Morgan fingerprint density at radius 3 is 3.15 bits per heavy atom. The number of nitrogens with zero attached hydrogens (tertiary/aromatic N) is 2. The van der Waals surface area contributed by atoms with Gasteiger partial charge in [0.25, 0.3) is 0 Å². The Hall–Kier alpha value is -1.06. The van der Waals surface area contributed by atoms with E-state index >= 15 is 0 Å². The Balaban J connectivity index is 2.64. The smallest absolute Gasteiger partial charge is 0.138 e. The lowest BCUT2D eigenvalue weighted by Crippen LogP contribution is -2.07. The van der Waals surface area contributed by atoms with Gasteiger partial charge in [-0.05, 0) is 19.2 Å². The summed E-state index contributed by atoms with van der Waals surface area (Å²) in [5.74, 6) is 0. The summed E-state index contributed by atoms with van der Waals surface area (Å²) >= 11 is 6.03. The average Bonchev–Trinajstić information content (AvgIpc) is 2.51. The van der Waals surface area contributed by atoms with Gasteiger partial charge in [-0.15, -0.1) is 0 Å². The molecule has 0 bridgehead atoms. The molecule has 0 aliphatic heterocycles. The molecule has 68 valence electrons. The summed E-state index contributed by atoms with van der Waals surface area (Å²) in [5, 5.41) is 3.76. The van der Waals surface area contributed by atoms with Crippen LogP contribution < -0.4 is 5.32 Å². The molecule has 0 spiro atoms. The molecule has 0 aliphatic rings. The van der Waals surface area contributed by atoms with Crippen LogP contribution in [-0.4, -0.2) is 16.4 Å². The molecule has 0 aromatic carbocycles. The maximum atomic E-state index is 6.03. The fourth-order valence-corrected chi connectivity index (χ4v) is 1.63. The van der Waals surface area contributed by atoms with Crippen LogP contribution >= 0.6 is 11.6 Å². The number of hydrogen-bond donors (Lipinski definition) is 1. The van der Waals surface area contributed by atoms with Crippen molar-refractivity contribution < 1.29 is 0 Å². The van der Waals surface area contributed by atoms with E-state index in [0.717, 1.165) is 17.9 Å². The van der Waals surface area contributed by atoms with Crippen LogP contribution in [0.25, 0.3) is 5.65 Å². The second kappa shape index (κ2) is 3.36. The van der Waals surface area contributed by atoms with Gasteiger partial charge in [0.2, 0.25) is 0 Å². The molecule has 0 radical (unpaired) electrons. The van der Waals surface area contributed by atoms with Gasteiger partial charge in [-0.25, -0.2) is 4.98 Å². The van der Waals surface area contributed by atoms with Crippen molar-refractivity contribution in [1.82, 2.24) is 14.7 Å². The molecule has 0 unspecified atom stereocenters. The number of halogens is 1. The minimum Gasteiger partial charge on any atom is -0.314 e. The molecular weight excluding hydrogens is 186 g/mol. The molecule has 2 aromatic heterocycles. The van der Waals surface area contributed by atoms with Crippen molar-refractivity contribution in [1.29, 1.82) is 0 Å². The Morgan fingerprint density at radius 2 is 2.38 bits per heavy atom. The van der Waals surface area contributed by atoms with E-state index in [1.807, 2.05) is 35.8 Å². The summed E-state index contributed by atoms with van der Waals surface area (Å²) < 4.78 is 1.93. The monoisotopic (exact) mass is 195 g/mol. The standard InChI is InChI=1S/C9H10ClN3/c1-11-5-7-6-12-9-4-2-3-8(10)13(7)9/h2-4,6,11H,5H2,1H3. The third kappa shape index (κ3) is 1.41. The SMILES string of the molecule is CNCc1cnc2cccc(Cl)n12. The maximum absolute atomic E-state index is 6.03. The zero-order chi connectivity index (χ0) is 9.26. The van der Waals surface area contributed by atoms with Crippen molar-refractivity contribution in [3.63, 3.8) is 0 Å². The highest BCUT2D eigenvalue weighted by molar-refractivity contribution is 6.29. The first kappa shape index (κ1) is 8.53. The average molecular weight is 196 g/mol. The first-order valence-electron chi connectivity index (χ1n) is 4.08. The van der Waals surface area contributed by atoms with Crippen LogP contribution in [0.4, 0.5) is 0 Å². The molecule has 0 amide bonds. The minimum absolute atomic E-state index is 0.695. The highest BCUT2D eigenvalue weighted by atomic mass is 35.5. The molecule has 0 aliphatic carbocycles. The predicted molar refractivity (Wildman–Crippen MR) is 53.0 cm³/mol. The van der Waals surface area contributed by atoms with Crippen LogP contribution in [0.3, 0.4) is 0 Å². The van der Waals surface area contributed by atoms with E-state index in [1.165, 1.54) is 0 Å². The third-order valence-electron chi connectivity index (χ3n) is 1.91. The lowest BCUT2D eigenvalue weighted by Gasteiger charge is -2.02. The van der Waals surface area contributed by atoms with E-state index in [1.54, 1.807) is 0 Å². The van der Waals surface area contributed by atoms with Crippen LogP contribution in [0.2, 0.25) is 5.15 Å². The topological polar surface area (TPSA) is 29.3 Å². The molecule has 2 aromatic rings. The predicted octanol–water partition coefficient (Wildman–Crippen LogP) is 1.71. The van der Waals surface area contributed by atoms with Gasteiger partial charge < -0.3 is 5.32 Å². The van der Waals surface area contributed by atoms with Crippen molar-refractivity contribution in [2.75, 3.05) is 7.05 Å². The van der Waals surface area contributed by atoms with Crippen LogP contribution in [0.15, 0.2) is 24.4 Å². The van der Waals surface area contributed by atoms with Crippen molar-refractivity contribution >= 4 is 17.2 Å². The van der Waals surface area contributed by atoms with Gasteiger partial charge >= 0.3 is 0 Å². The van der Waals surface area contributed by atoms with E-state index in [4.69, 9.17) is 11.6 Å². The summed E-state index contributed by atoms with van der Waals surface area (Å²) in [6.07, 6.45) is 1.83. The lowest BCUT2D eigenvalue weighted by molar-refractivity contribution is 0.782. The van der Waals surface area contributed by atoms with E-state index < -0.39 is 0 Å². The second-order valence-electron chi connectivity index (χ2n) is 2.82. The molecule has 1 N–H and O–H groups in total. The van der Waals surface area contributed by atoms with Crippen molar-refractivity contribution in [3.8, 4) is 0 Å². The molecule has 13 heavy (non-hydrogen) atoms. The summed E-state index contributed by atoms with van der Waals surface area (Å²) in [5.41, 5.74) is 1.96. The van der Waals surface area contributed by atoms with Crippen molar-refractivity contribution in [2.24, 2.45) is 0 Å². The quantitative estimate of drug-likeness (QED) is 0.740. The third-order valence-corrected chi connectivity index (χ3v) is 2.21. The van der Waals surface area contributed by atoms with Gasteiger partial charge in [-0.1, -0.05) is 17.7 Å². The van der Waals surface area contributed by atoms with Gasteiger partial charge in [0.15, 0.2) is 0 Å². The molecule has 2 heterocycles. The van der Waals surface area contributed by atoms with Crippen molar-refractivity contribution in [2.45, 2.75) is 6.54 Å². The fourth-order valence-electron chi connectivity index (χ4n) is 1.36. The van der Waals surface area contributed by atoms with Gasteiger partial charge in [-0.3, -0.25) is 4.40 Å². The Bertz CT molecular complexity index is 422. The molecule has 4 heteroatoms. The summed E-state index contributed by atoms with van der Waals surface area (Å²) in [7, 11) is 1.90. The molecular formula is C9H10ClN3. The van der Waals surface area contributed by atoms with Crippen LogP contribution in [0.1, 0.15) is 5.69 Å². The van der Waals surface area contributed by atoms with E-state index in [-0.39, 0.29) is 0 Å². The Kier molecular flexibility index (Phi) is 2.20.